The van der Waals surface area contributed by atoms with Crippen LogP contribution in [-0.2, 0) is 18.9 Å². The molecule has 2 heterocycles. The predicted octanol–water partition coefficient (Wildman–Crippen LogP) is 2.39. The minimum atomic E-state index is -0.992. The minimum Gasteiger partial charge on any atom is -0.453 e. The fraction of sp³-hybridized carbons (Fsp3) is 0.381. The lowest BCUT2D eigenvalue weighted by Gasteiger charge is -2.44. The second-order valence-corrected chi connectivity index (χ2v) is 6.85. The summed E-state index contributed by atoms with van der Waals surface area (Å²) in [6, 6.07) is 16.6. The molecule has 0 spiro atoms. The second-order valence-electron chi connectivity index (χ2n) is 6.85. The third-order valence-electron chi connectivity index (χ3n) is 4.87. The van der Waals surface area contributed by atoms with Crippen molar-refractivity contribution in [2.45, 2.75) is 37.6 Å². The zero-order chi connectivity index (χ0) is 18.8. The van der Waals surface area contributed by atoms with Crippen LogP contribution in [0.3, 0.4) is 0 Å². The summed E-state index contributed by atoms with van der Waals surface area (Å²) >= 11 is 0. The summed E-state index contributed by atoms with van der Waals surface area (Å²) in [5.74, 6) is -0.493. The summed E-state index contributed by atoms with van der Waals surface area (Å²) in [6.45, 7) is 2.35. The molecule has 142 valence electrons. The maximum Gasteiger partial charge on any atom is 0.338 e. The topological polar surface area (TPSA) is 74.2 Å². The monoisotopic (exact) mass is 370 g/mol. The predicted molar refractivity (Wildman–Crippen MR) is 96.1 cm³/mol. The molecule has 2 fully saturated rings. The van der Waals surface area contributed by atoms with Gasteiger partial charge in [-0.1, -0.05) is 48.0 Å². The number of carbonyl (C=O) groups excluding carboxylic acids is 1. The first-order valence-electron chi connectivity index (χ1n) is 9.01. The number of aliphatic hydroxyl groups excluding tert-OH is 1. The Kier molecular flexibility index (Phi) is 5.22. The number of hydrogen-bond donors (Lipinski definition) is 1. The van der Waals surface area contributed by atoms with E-state index < -0.39 is 36.7 Å². The molecule has 2 saturated heterocycles. The number of esters is 1. The quantitative estimate of drug-likeness (QED) is 0.837. The molecule has 6 nitrogen and oxygen atoms in total. The Morgan fingerprint density at radius 3 is 2.52 bits per heavy atom. The molecule has 1 N–H and O–H groups in total. The number of aliphatic hydroxyl groups is 1. The summed E-state index contributed by atoms with van der Waals surface area (Å²) in [5, 5.41) is 10.7. The molecule has 0 radical (unpaired) electrons. The zero-order valence-electron chi connectivity index (χ0n) is 15.0. The number of hydrogen-bond acceptors (Lipinski definition) is 6. The lowest BCUT2D eigenvalue weighted by atomic mass is 9.98. The number of benzene rings is 2. The lowest BCUT2D eigenvalue weighted by molar-refractivity contribution is -0.313. The van der Waals surface area contributed by atoms with Crippen LogP contribution in [0, 0.1) is 6.92 Å². The van der Waals surface area contributed by atoms with Crippen LogP contribution < -0.4 is 0 Å². The molecule has 27 heavy (non-hydrogen) atoms. The van der Waals surface area contributed by atoms with Gasteiger partial charge in [0.2, 0.25) is 0 Å². The first-order chi connectivity index (χ1) is 13.1. The van der Waals surface area contributed by atoms with Gasteiger partial charge in [0, 0.05) is 5.56 Å². The molecule has 2 aromatic carbocycles. The highest BCUT2D eigenvalue weighted by Crippen LogP contribution is 2.33. The largest absolute Gasteiger partial charge is 0.453 e. The molecule has 0 amide bonds. The van der Waals surface area contributed by atoms with Gasteiger partial charge in [0.25, 0.3) is 0 Å². The van der Waals surface area contributed by atoms with Gasteiger partial charge in [-0.2, -0.15) is 0 Å². The standard InChI is InChI=1S/C21H22O6/c1-13-7-9-14(10-8-13)20(23)26-16-11-24-17-12-25-21(27-19(17)18(16)22)15-5-3-2-4-6-15/h2-10,16-19,21-22H,11-12H2,1H3/t16-,17-,18-,19-,21+/m1/s1. The molecule has 6 heteroatoms. The van der Waals surface area contributed by atoms with E-state index in [1.54, 1.807) is 12.1 Å². The van der Waals surface area contributed by atoms with Crippen molar-refractivity contribution in [1.82, 2.24) is 0 Å². The molecule has 0 aliphatic carbocycles. The van der Waals surface area contributed by atoms with Crippen LogP contribution in [0.2, 0.25) is 0 Å². The average molecular weight is 370 g/mol. The number of ether oxygens (including phenoxy) is 4. The third kappa shape index (κ3) is 3.89. The third-order valence-corrected chi connectivity index (χ3v) is 4.87. The van der Waals surface area contributed by atoms with Crippen molar-refractivity contribution in [2.24, 2.45) is 0 Å². The molecule has 0 unspecified atom stereocenters. The Labute approximate surface area is 157 Å². The number of rotatable bonds is 3. The van der Waals surface area contributed by atoms with Crippen LogP contribution in [0.1, 0.15) is 27.8 Å². The van der Waals surface area contributed by atoms with E-state index in [-0.39, 0.29) is 6.61 Å². The number of carbonyl (C=O) groups is 1. The first kappa shape index (κ1) is 18.1. The molecule has 0 saturated carbocycles. The van der Waals surface area contributed by atoms with Crippen LogP contribution in [0.25, 0.3) is 0 Å². The summed E-state index contributed by atoms with van der Waals surface area (Å²) in [5.41, 5.74) is 2.35. The molecule has 2 aliphatic heterocycles. The second kappa shape index (κ2) is 7.78. The van der Waals surface area contributed by atoms with Gasteiger partial charge in [-0.3, -0.25) is 0 Å². The maximum atomic E-state index is 12.4. The average Bonchev–Trinajstić information content (AvgIpc) is 2.71. The SMILES string of the molecule is Cc1ccc(C(=O)O[C@@H]2CO[C@@H]3CO[C@H](c4ccccc4)O[C@H]3[C@@H]2O)cc1. The zero-order valence-corrected chi connectivity index (χ0v) is 15.0. The fourth-order valence-corrected chi connectivity index (χ4v) is 3.30. The van der Waals surface area contributed by atoms with Gasteiger partial charge in [-0.05, 0) is 19.1 Å². The van der Waals surface area contributed by atoms with Crippen LogP contribution in [-0.4, -0.2) is 48.7 Å². The van der Waals surface area contributed by atoms with Crippen molar-refractivity contribution >= 4 is 5.97 Å². The highest BCUT2D eigenvalue weighted by Gasteiger charge is 2.46. The van der Waals surface area contributed by atoms with Crippen molar-refractivity contribution in [1.29, 1.82) is 0 Å². The van der Waals surface area contributed by atoms with E-state index in [0.29, 0.717) is 12.2 Å². The van der Waals surface area contributed by atoms with E-state index in [1.165, 1.54) is 0 Å². The number of aryl methyl sites for hydroxylation is 1. The molecule has 0 bridgehead atoms. The van der Waals surface area contributed by atoms with Crippen molar-refractivity contribution in [3.05, 3.63) is 71.3 Å². The summed E-state index contributed by atoms with van der Waals surface area (Å²) < 4.78 is 22.8. The van der Waals surface area contributed by atoms with E-state index in [2.05, 4.69) is 0 Å². The highest BCUT2D eigenvalue weighted by molar-refractivity contribution is 5.89. The summed E-state index contributed by atoms with van der Waals surface area (Å²) in [7, 11) is 0. The maximum absolute atomic E-state index is 12.4. The fourth-order valence-electron chi connectivity index (χ4n) is 3.30. The van der Waals surface area contributed by atoms with Crippen molar-refractivity contribution < 1.29 is 28.8 Å². The van der Waals surface area contributed by atoms with E-state index in [1.807, 2.05) is 49.4 Å². The smallest absolute Gasteiger partial charge is 0.338 e. The lowest BCUT2D eigenvalue weighted by Crippen LogP contribution is -2.59. The molecular weight excluding hydrogens is 348 g/mol. The first-order valence-corrected chi connectivity index (χ1v) is 9.01. The Morgan fingerprint density at radius 2 is 1.78 bits per heavy atom. The normalized spacial score (nSPS) is 30.4. The molecule has 2 aliphatic rings. The summed E-state index contributed by atoms with van der Waals surface area (Å²) in [4.78, 5) is 12.4. The van der Waals surface area contributed by atoms with Crippen LogP contribution in [0.5, 0.6) is 0 Å². The molecular formula is C21H22O6. The molecule has 5 atom stereocenters. The van der Waals surface area contributed by atoms with Gasteiger partial charge in [0.15, 0.2) is 12.4 Å². The molecule has 4 rings (SSSR count). The highest BCUT2D eigenvalue weighted by atomic mass is 16.7. The Hall–Kier alpha value is -2.25. The Morgan fingerprint density at radius 1 is 1.04 bits per heavy atom. The molecule has 2 aromatic rings. The molecule has 0 aromatic heterocycles. The van der Waals surface area contributed by atoms with Crippen LogP contribution in [0.15, 0.2) is 54.6 Å². The van der Waals surface area contributed by atoms with Gasteiger partial charge < -0.3 is 24.1 Å². The van der Waals surface area contributed by atoms with E-state index in [9.17, 15) is 9.90 Å². The van der Waals surface area contributed by atoms with Crippen LogP contribution >= 0.6 is 0 Å². The van der Waals surface area contributed by atoms with Crippen LogP contribution in [0.4, 0.5) is 0 Å². The van der Waals surface area contributed by atoms with Crippen molar-refractivity contribution in [2.75, 3.05) is 13.2 Å². The van der Waals surface area contributed by atoms with Gasteiger partial charge in [-0.25, -0.2) is 4.79 Å². The van der Waals surface area contributed by atoms with Gasteiger partial charge >= 0.3 is 5.97 Å². The van der Waals surface area contributed by atoms with Crippen molar-refractivity contribution in [3.63, 3.8) is 0 Å². The number of fused-ring (bicyclic) bond motifs is 1. The van der Waals surface area contributed by atoms with Gasteiger partial charge in [0.1, 0.15) is 18.3 Å². The minimum absolute atomic E-state index is 0.0999. The van der Waals surface area contributed by atoms with E-state index in [4.69, 9.17) is 18.9 Å². The van der Waals surface area contributed by atoms with Gasteiger partial charge in [-0.15, -0.1) is 0 Å². The van der Waals surface area contributed by atoms with E-state index >= 15 is 0 Å². The van der Waals surface area contributed by atoms with E-state index in [0.717, 1.165) is 11.1 Å². The Balaban J connectivity index is 1.43. The van der Waals surface area contributed by atoms with Gasteiger partial charge in [0.05, 0.1) is 18.8 Å². The Bertz CT molecular complexity index is 775. The van der Waals surface area contributed by atoms with Crippen molar-refractivity contribution in [3.8, 4) is 0 Å². The summed E-state index contributed by atoms with van der Waals surface area (Å²) in [6.07, 6.45) is -3.40.